The minimum Gasteiger partial charge on any atom is -0.373 e. The van der Waals surface area contributed by atoms with Crippen LogP contribution in [0.15, 0.2) is 0 Å². The molecule has 2 aliphatic heterocycles. The van der Waals surface area contributed by atoms with Crippen molar-refractivity contribution in [3.8, 4) is 0 Å². The molecule has 0 amide bonds. The molecule has 0 aromatic heterocycles. The van der Waals surface area contributed by atoms with Crippen molar-refractivity contribution in [2.75, 3.05) is 26.2 Å². The highest BCUT2D eigenvalue weighted by Crippen LogP contribution is 2.22. The summed E-state index contributed by atoms with van der Waals surface area (Å²) in [5.41, 5.74) is 0. The van der Waals surface area contributed by atoms with Gasteiger partial charge in [-0.3, -0.25) is 4.90 Å². The molecular weight excluding hydrogens is 279 g/mol. The Hall–Kier alpha value is 0.610. The summed E-state index contributed by atoms with van der Waals surface area (Å²) in [6, 6.07) is 0.783. The summed E-state index contributed by atoms with van der Waals surface area (Å²) in [6.45, 7) is 9.01. The molecule has 0 aromatic carbocycles. The van der Waals surface area contributed by atoms with Crippen LogP contribution in [0.3, 0.4) is 0 Å². The topological polar surface area (TPSA) is 15.7 Å². The molecule has 4 heteroatoms. The van der Waals surface area contributed by atoms with Crippen molar-refractivity contribution < 1.29 is 4.74 Å². The van der Waals surface area contributed by atoms with E-state index in [1.54, 1.807) is 0 Å². The molecule has 0 aliphatic carbocycles. The van der Waals surface area contributed by atoms with Crippen LogP contribution >= 0.6 is 22.9 Å². The number of hydrogen-bond donors (Lipinski definition) is 0. The van der Waals surface area contributed by atoms with E-state index in [9.17, 15) is 0 Å². The number of morpholine rings is 1. The fourth-order valence-corrected chi connectivity index (χ4v) is 3.06. The summed E-state index contributed by atoms with van der Waals surface area (Å²) in [5.74, 6) is 0. The zero-order chi connectivity index (χ0) is 9.42. The molecule has 0 saturated carbocycles. The van der Waals surface area contributed by atoms with E-state index in [0.29, 0.717) is 12.2 Å². The molecule has 76 valence electrons. The Labute approximate surface area is 93.9 Å². The van der Waals surface area contributed by atoms with E-state index in [2.05, 4.69) is 44.7 Å². The van der Waals surface area contributed by atoms with Crippen molar-refractivity contribution in [3.05, 3.63) is 0 Å². The van der Waals surface area contributed by atoms with E-state index in [4.69, 9.17) is 4.74 Å². The van der Waals surface area contributed by atoms with E-state index in [-0.39, 0.29) is 0 Å². The predicted octanol–water partition coefficient (Wildman–Crippen LogP) is 1.13. The Balaban J connectivity index is 1.85. The molecule has 0 spiro atoms. The molecular formula is C9H17IN2O. The SMILES string of the molecule is C[C@@H]1CN(C2CN(I)C2)C[C@H](C)O1. The van der Waals surface area contributed by atoms with Crippen LogP contribution in [0.4, 0.5) is 0 Å². The predicted molar refractivity (Wildman–Crippen MR) is 61.0 cm³/mol. The fraction of sp³-hybridized carbons (Fsp3) is 1.00. The maximum atomic E-state index is 5.70. The highest BCUT2D eigenvalue weighted by Gasteiger charge is 2.34. The van der Waals surface area contributed by atoms with Crippen LogP contribution in [0.1, 0.15) is 13.8 Å². The molecule has 2 fully saturated rings. The molecule has 0 radical (unpaired) electrons. The van der Waals surface area contributed by atoms with Crippen LogP contribution in [0.2, 0.25) is 0 Å². The Bertz CT molecular complexity index is 174. The molecule has 3 nitrogen and oxygen atoms in total. The third kappa shape index (κ3) is 2.34. The smallest absolute Gasteiger partial charge is 0.0678 e. The normalized spacial score (nSPS) is 39.0. The molecule has 2 atom stereocenters. The highest BCUT2D eigenvalue weighted by atomic mass is 127. The molecule has 13 heavy (non-hydrogen) atoms. The second-order valence-electron chi connectivity index (χ2n) is 4.19. The average Bonchev–Trinajstić information content (AvgIpc) is 1.96. The van der Waals surface area contributed by atoms with Gasteiger partial charge >= 0.3 is 0 Å². The summed E-state index contributed by atoms with van der Waals surface area (Å²) in [6.07, 6.45) is 0.819. The van der Waals surface area contributed by atoms with E-state index < -0.39 is 0 Å². The monoisotopic (exact) mass is 296 g/mol. The largest absolute Gasteiger partial charge is 0.373 e. The zero-order valence-electron chi connectivity index (χ0n) is 8.24. The number of ether oxygens (including phenoxy) is 1. The van der Waals surface area contributed by atoms with Crippen LogP contribution in [-0.4, -0.2) is 52.4 Å². The number of halogens is 1. The Kier molecular flexibility index (Phi) is 3.12. The summed E-state index contributed by atoms with van der Waals surface area (Å²) in [5, 5.41) is 0. The first kappa shape index (κ1) is 10.1. The minimum atomic E-state index is 0.409. The van der Waals surface area contributed by atoms with Gasteiger partial charge in [-0.2, -0.15) is 0 Å². The van der Waals surface area contributed by atoms with Crippen LogP contribution in [-0.2, 0) is 4.74 Å². The van der Waals surface area contributed by atoms with Gasteiger partial charge in [0.25, 0.3) is 0 Å². The Morgan fingerprint density at radius 3 is 2.08 bits per heavy atom. The maximum absolute atomic E-state index is 5.70. The summed E-state index contributed by atoms with van der Waals surface area (Å²) < 4.78 is 8.05. The lowest BCUT2D eigenvalue weighted by Crippen LogP contribution is -2.60. The lowest BCUT2D eigenvalue weighted by Gasteiger charge is -2.46. The van der Waals surface area contributed by atoms with Crippen molar-refractivity contribution in [3.63, 3.8) is 0 Å². The molecule has 0 aromatic rings. The van der Waals surface area contributed by atoms with E-state index in [1.807, 2.05) is 0 Å². The van der Waals surface area contributed by atoms with Gasteiger partial charge in [-0.05, 0) is 13.8 Å². The first-order valence-electron chi connectivity index (χ1n) is 4.95. The van der Waals surface area contributed by atoms with E-state index in [0.717, 1.165) is 19.1 Å². The van der Waals surface area contributed by atoms with Gasteiger partial charge in [0.15, 0.2) is 0 Å². The standard InChI is InChI=1S/C9H17IN2O/c1-7-3-11(4-8(2)13-7)9-5-12(10)6-9/h7-9H,3-6H2,1-2H3/t7-,8+. The second kappa shape index (κ2) is 4.00. The van der Waals surface area contributed by atoms with E-state index >= 15 is 0 Å². The van der Waals surface area contributed by atoms with Gasteiger partial charge in [0.05, 0.1) is 12.2 Å². The van der Waals surface area contributed by atoms with Crippen LogP contribution < -0.4 is 0 Å². The Morgan fingerprint density at radius 1 is 1.08 bits per heavy atom. The van der Waals surface area contributed by atoms with Gasteiger partial charge in [0.2, 0.25) is 0 Å². The minimum absolute atomic E-state index is 0.409. The molecule has 2 saturated heterocycles. The first-order chi connectivity index (χ1) is 6.15. The lowest BCUT2D eigenvalue weighted by atomic mass is 10.1. The highest BCUT2D eigenvalue weighted by molar-refractivity contribution is 14.1. The van der Waals surface area contributed by atoms with Gasteiger partial charge in [-0.1, -0.05) is 0 Å². The molecule has 0 N–H and O–H groups in total. The summed E-state index contributed by atoms with van der Waals surface area (Å²) in [4.78, 5) is 2.58. The quantitative estimate of drug-likeness (QED) is 0.533. The fourth-order valence-electron chi connectivity index (χ4n) is 2.15. The van der Waals surface area contributed by atoms with Crippen molar-refractivity contribution in [2.45, 2.75) is 32.1 Å². The van der Waals surface area contributed by atoms with Crippen LogP contribution in [0.25, 0.3) is 0 Å². The van der Waals surface area contributed by atoms with Crippen molar-refractivity contribution in [1.29, 1.82) is 0 Å². The van der Waals surface area contributed by atoms with E-state index in [1.165, 1.54) is 13.1 Å². The number of rotatable bonds is 1. The van der Waals surface area contributed by atoms with Gasteiger partial charge in [0, 0.05) is 55.1 Å². The third-order valence-corrected chi connectivity index (χ3v) is 3.57. The van der Waals surface area contributed by atoms with Crippen molar-refractivity contribution in [1.82, 2.24) is 8.01 Å². The van der Waals surface area contributed by atoms with Gasteiger partial charge in [0.1, 0.15) is 0 Å². The number of hydrogen-bond acceptors (Lipinski definition) is 3. The van der Waals surface area contributed by atoms with Crippen LogP contribution in [0, 0.1) is 0 Å². The summed E-state index contributed by atoms with van der Waals surface area (Å²) in [7, 11) is 0. The van der Waals surface area contributed by atoms with Crippen molar-refractivity contribution in [2.24, 2.45) is 0 Å². The molecule has 0 unspecified atom stereocenters. The maximum Gasteiger partial charge on any atom is 0.0678 e. The first-order valence-corrected chi connectivity index (χ1v) is 5.92. The van der Waals surface area contributed by atoms with Gasteiger partial charge < -0.3 is 4.74 Å². The van der Waals surface area contributed by atoms with Crippen molar-refractivity contribution >= 4 is 22.9 Å². The van der Waals surface area contributed by atoms with Gasteiger partial charge in [-0.25, -0.2) is 3.11 Å². The molecule has 2 rings (SSSR count). The third-order valence-electron chi connectivity index (χ3n) is 2.78. The molecule has 2 heterocycles. The number of nitrogens with zero attached hydrogens (tertiary/aromatic N) is 2. The van der Waals surface area contributed by atoms with Crippen LogP contribution in [0.5, 0.6) is 0 Å². The second-order valence-corrected chi connectivity index (χ2v) is 5.56. The lowest BCUT2D eigenvalue weighted by molar-refractivity contribution is -0.0909. The molecule has 2 aliphatic rings. The average molecular weight is 296 g/mol. The molecule has 0 bridgehead atoms. The zero-order valence-corrected chi connectivity index (χ0v) is 10.4. The summed E-state index contributed by atoms with van der Waals surface area (Å²) >= 11 is 2.39. The van der Waals surface area contributed by atoms with Gasteiger partial charge in [-0.15, -0.1) is 0 Å². The Morgan fingerprint density at radius 2 is 1.62 bits per heavy atom.